The van der Waals surface area contributed by atoms with Gasteiger partial charge in [0.25, 0.3) is 0 Å². The third kappa shape index (κ3) is 4.19. The quantitative estimate of drug-likeness (QED) is 0.854. The largest absolute Gasteiger partial charge is 0.497 e. The maximum atomic E-state index is 13.3. The summed E-state index contributed by atoms with van der Waals surface area (Å²) in [5, 5.41) is 3.00. The van der Waals surface area contributed by atoms with Crippen LogP contribution in [0.4, 0.5) is 4.39 Å². The number of halogens is 2. The van der Waals surface area contributed by atoms with Crippen molar-refractivity contribution in [2.45, 2.75) is 13.2 Å². The highest BCUT2D eigenvalue weighted by Crippen LogP contribution is 2.26. The standard InChI is InChI=1S/C16H17BrFNO2/c1-19-9-11-7-13(18)3-6-16(11)21-10-12-8-14(20-2)4-5-15(12)17/h3-8,19H,9-10H2,1-2H3. The van der Waals surface area contributed by atoms with Crippen LogP contribution in [0.1, 0.15) is 11.1 Å². The average Bonchev–Trinajstić information content (AvgIpc) is 2.48. The first-order valence-electron chi connectivity index (χ1n) is 6.52. The summed E-state index contributed by atoms with van der Waals surface area (Å²) in [4.78, 5) is 0. The summed E-state index contributed by atoms with van der Waals surface area (Å²) in [6.45, 7) is 0.923. The second-order valence-corrected chi connectivity index (χ2v) is 5.38. The summed E-state index contributed by atoms with van der Waals surface area (Å²) in [5.41, 5.74) is 1.76. The fourth-order valence-corrected chi connectivity index (χ4v) is 2.32. The first-order valence-corrected chi connectivity index (χ1v) is 7.31. The maximum absolute atomic E-state index is 13.3. The van der Waals surface area contributed by atoms with Crippen LogP contribution >= 0.6 is 15.9 Å². The topological polar surface area (TPSA) is 30.5 Å². The third-order valence-corrected chi connectivity index (χ3v) is 3.80. The fourth-order valence-electron chi connectivity index (χ4n) is 1.96. The second-order valence-electron chi connectivity index (χ2n) is 4.53. The highest BCUT2D eigenvalue weighted by atomic mass is 79.9. The van der Waals surface area contributed by atoms with E-state index >= 15 is 0 Å². The van der Waals surface area contributed by atoms with Crippen LogP contribution in [-0.4, -0.2) is 14.2 Å². The van der Waals surface area contributed by atoms with Gasteiger partial charge in [0.15, 0.2) is 0 Å². The molecule has 3 nitrogen and oxygen atoms in total. The van der Waals surface area contributed by atoms with Crippen LogP contribution in [0.5, 0.6) is 11.5 Å². The normalized spacial score (nSPS) is 10.5. The molecule has 0 unspecified atom stereocenters. The zero-order valence-corrected chi connectivity index (χ0v) is 13.5. The van der Waals surface area contributed by atoms with Crippen LogP contribution in [0.3, 0.4) is 0 Å². The maximum Gasteiger partial charge on any atom is 0.124 e. The van der Waals surface area contributed by atoms with E-state index < -0.39 is 0 Å². The summed E-state index contributed by atoms with van der Waals surface area (Å²) < 4.78 is 25.3. The Hall–Kier alpha value is -1.59. The molecular formula is C16H17BrFNO2. The minimum absolute atomic E-state index is 0.268. The molecule has 0 fully saturated rings. The van der Waals surface area contributed by atoms with Crippen LogP contribution in [-0.2, 0) is 13.2 Å². The minimum atomic E-state index is -0.268. The molecule has 0 spiro atoms. The van der Waals surface area contributed by atoms with Gasteiger partial charge >= 0.3 is 0 Å². The van der Waals surface area contributed by atoms with Gasteiger partial charge in [-0.25, -0.2) is 4.39 Å². The summed E-state index contributed by atoms with van der Waals surface area (Å²) >= 11 is 3.49. The van der Waals surface area contributed by atoms with Crippen molar-refractivity contribution in [3.8, 4) is 11.5 Å². The van der Waals surface area contributed by atoms with Gasteiger partial charge in [0.2, 0.25) is 0 Å². The number of rotatable bonds is 6. The van der Waals surface area contributed by atoms with Gasteiger partial charge in [-0.15, -0.1) is 0 Å². The van der Waals surface area contributed by atoms with Gasteiger partial charge in [-0.2, -0.15) is 0 Å². The van der Waals surface area contributed by atoms with Crippen molar-refractivity contribution >= 4 is 15.9 Å². The number of nitrogens with one attached hydrogen (secondary N) is 1. The highest BCUT2D eigenvalue weighted by Gasteiger charge is 2.08. The molecule has 0 heterocycles. The Balaban J connectivity index is 2.16. The monoisotopic (exact) mass is 353 g/mol. The summed E-state index contributed by atoms with van der Waals surface area (Å²) in [5.74, 6) is 1.17. The van der Waals surface area contributed by atoms with Crippen LogP contribution < -0.4 is 14.8 Å². The molecule has 112 valence electrons. The van der Waals surface area contributed by atoms with E-state index in [4.69, 9.17) is 9.47 Å². The molecule has 0 aliphatic heterocycles. The molecule has 0 saturated carbocycles. The van der Waals surface area contributed by atoms with Crippen LogP contribution in [0.25, 0.3) is 0 Å². The Kier molecular flexibility index (Phi) is 5.59. The minimum Gasteiger partial charge on any atom is -0.497 e. The Morgan fingerprint density at radius 3 is 2.67 bits per heavy atom. The Bertz CT molecular complexity index is 619. The van der Waals surface area contributed by atoms with Crippen molar-refractivity contribution in [3.05, 3.63) is 57.8 Å². The number of methoxy groups -OCH3 is 1. The molecule has 5 heteroatoms. The molecule has 21 heavy (non-hydrogen) atoms. The zero-order chi connectivity index (χ0) is 15.2. The SMILES string of the molecule is CNCc1cc(F)ccc1OCc1cc(OC)ccc1Br. The molecule has 0 aliphatic rings. The number of hydrogen-bond donors (Lipinski definition) is 1. The van der Waals surface area contributed by atoms with Crippen molar-refractivity contribution in [2.75, 3.05) is 14.2 Å². The van der Waals surface area contributed by atoms with E-state index in [-0.39, 0.29) is 5.82 Å². The first kappa shape index (κ1) is 15.8. The fraction of sp³-hybridized carbons (Fsp3) is 0.250. The van der Waals surface area contributed by atoms with Gasteiger partial charge in [-0.1, -0.05) is 15.9 Å². The molecule has 2 aromatic rings. The summed E-state index contributed by atoms with van der Waals surface area (Å²) in [7, 11) is 3.44. The number of benzene rings is 2. The van der Waals surface area contributed by atoms with Gasteiger partial charge < -0.3 is 14.8 Å². The molecule has 0 atom stereocenters. The Morgan fingerprint density at radius 1 is 1.14 bits per heavy atom. The first-order chi connectivity index (χ1) is 10.1. The summed E-state index contributed by atoms with van der Waals surface area (Å²) in [6.07, 6.45) is 0. The van der Waals surface area contributed by atoms with E-state index in [1.807, 2.05) is 25.2 Å². The van der Waals surface area contributed by atoms with Gasteiger partial charge in [-0.3, -0.25) is 0 Å². The molecule has 0 radical (unpaired) electrons. The van der Waals surface area contributed by atoms with Gasteiger partial charge in [0.1, 0.15) is 23.9 Å². The van der Waals surface area contributed by atoms with Crippen molar-refractivity contribution in [1.82, 2.24) is 5.32 Å². The second kappa shape index (κ2) is 7.43. The molecule has 2 rings (SSSR count). The predicted octanol–water partition coefficient (Wildman–Crippen LogP) is 3.90. The van der Waals surface area contributed by atoms with E-state index in [0.29, 0.717) is 18.9 Å². The highest BCUT2D eigenvalue weighted by molar-refractivity contribution is 9.10. The smallest absolute Gasteiger partial charge is 0.124 e. The van der Waals surface area contributed by atoms with Crippen LogP contribution in [0.15, 0.2) is 40.9 Å². The van der Waals surface area contributed by atoms with E-state index in [2.05, 4.69) is 21.2 Å². The van der Waals surface area contributed by atoms with Gasteiger partial charge in [0, 0.05) is 22.1 Å². The molecule has 0 aliphatic carbocycles. The van der Waals surface area contributed by atoms with E-state index in [0.717, 1.165) is 21.3 Å². The molecule has 0 saturated heterocycles. The zero-order valence-electron chi connectivity index (χ0n) is 12.0. The van der Waals surface area contributed by atoms with Gasteiger partial charge in [-0.05, 0) is 43.4 Å². The lowest BCUT2D eigenvalue weighted by atomic mass is 10.2. The van der Waals surface area contributed by atoms with E-state index in [1.165, 1.54) is 12.1 Å². The molecule has 0 amide bonds. The lowest BCUT2D eigenvalue weighted by Gasteiger charge is -2.13. The molecule has 1 N–H and O–H groups in total. The van der Waals surface area contributed by atoms with Crippen molar-refractivity contribution in [2.24, 2.45) is 0 Å². The lowest BCUT2D eigenvalue weighted by Crippen LogP contribution is -2.08. The predicted molar refractivity (Wildman–Crippen MR) is 84.2 cm³/mol. The Labute approximate surface area is 132 Å². The molecular weight excluding hydrogens is 337 g/mol. The summed E-state index contributed by atoms with van der Waals surface area (Å²) in [6, 6.07) is 10.2. The molecule has 2 aromatic carbocycles. The van der Waals surface area contributed by atoms with E-state index in [1.54, 1.807) is 13.2 Å². The molecule has 0 bridgehead atoms. The van der Waals surface area contributed by atoms with Crippen LogP contribution in [0, 0.1) is 5.82 Å². The van der Waals surface area contributed by atoms with Crippen molar-refractivity contribution in [1.29, 1.82) is 0 Å². The van der Waals surface area contributed by atoms with Crippen molar-refractivity contribution < 1.29 is 13.9 Å². The van der Waals surface area contributed by atoms with Crippen LogP contribution in [0.2, 0.25) is 0 Å². The number of hydrogen-bond acceptors (Lipinski definition) is 3. The lowest BCUT2D eigenvalue weighted by molar-refractivity contribution is 0.300. The number of ether oxygens (including phenoxy) is 2. The van der Waals surface area contributed by atoms with Gasteiger partial charge in [0.05, 0.1) is 7.11 Å². The van der Waals surface area contributed by atoms with Crippen molar-refractivity contribution in [3.63, 3.8) is 0 Å². The van der Waals surface area contributed by atoms with E-state index in [9.17, 15) is 4.39 Å². The Morgan fingerprint density at radius 2 is 1.95 bits per heavy atom. The third-order valence-electron chi connectivity index (χ3n) is 3.03. The molecule has 0 aromatic heterocycles. The average molecular weight is 354 g/mol.